The van der Waals surface area contributed by atoms with Crippen LogP contribution in [0.2, 0.25) is 0 Å². The molecule has 0 spiro atoms. The van der Waals surface area contributed by atoms with Gasteiger partial charge in [0.05, 0.1) is 24.7 Å². The first-order chi connectivity index (χ1) is 8.76. The Morgan fingerprint density at radius 2 is 2.21 bits per heavy atom. The fourth-order valence-electron chi connectivity index (χ4n) is 1.14. The molecule has 0 aromatic carbocycles. The van der Waals surface area contributed by atoms with Crippen LogP contribution in [-0.4, -0.2) is 43.6 Å². The average molecular weight is 308 g/mol. The second-order valence-electron chi connectivity index (χ2n) is 3.49. The largest absolute Gasteiger partial charge is 0.480 e. The minimum Gasteiger partial charge on any atom is -0.480 e. The van der Waals surface area contributed by atoms with Crippen LogP contribution in [0.4, 0.5) is 0 Å². The van der Waals surface area contributed by atoms with E-state index in [2.05, 4.69) is 9.72 Å². The minimum atomic E-state index is -4.02. The molecule has 0 saturated heterocycles. The summed E-state index contributed by atoms with van der Waals surface area (Å²) in [5.41, 5.74) is 0. The Bertz CT molecular complexity index is 579. The number of carbonyl (C=O) groups is 2. The predicted octanol–water partition coefficient (Wildman–Crippen LogP) is -0.254. The summed E-state index contributed by atoms with van der Waals surface area (Å²) in [6, 6.07) is -1.58. The average Bonchev–Trinajstić information content (AvgIpc) is 2.75. The highest BCUT2D eigenvalue weighted by atomic mass is 32.2. The van der Waals surface area contributed by atoms with Gasteiger partial charge in [0.15, 0.2) is 4.21 Å². The molecule has 0 bridgehead atoms. The van der Waals surface area contributed by atoms with Crippen molar-refractivity contribution in [1.29, 1.82) is 0 Å². The number of ether oxygens (including phenoxy) is 1. The third kappa shape index (κ3) is 4.26. The van der Waals surface area contributed by atoms with E-state index in [1.807, 2.05) is 4.72 Å². The lowest BCUT2D eigenvalue weighted by Crippen LogP contribution is -2.42. The molecule has 0 aliphatic heterocycles. The van der Waals surface area contributed by atoms with E-state index < -0.39 is 34.4 Å². The zero-order valence-electron chi connectivity index (χ0n) is 10.1. The molecule has 8 nitrogen and oxygen atoms in total. The number of nitrogens with zero attached hydrogens (tertiary/aromatic N) is 1. The quantitative estimate of drug-likeness (QED) is 0.694. The Hall–Kier alpha value is -1.52. The molecule has 106 valence electrons. The van der Waals surface area contributed by atoms with Gasteiger partial charge >= 0.3 is 11.9 Å². The zero-order valence-corrected chi connectivity index (χ0v) is 11.7. The van der Waals surface area contributed by atoms with E-state index in [1.165, 1.54) is 0 Å². The van der Waals surface area contributed by atoms with Gasteiger partial charge in [-0.25, -0.2) is 13.4 Å². The molecule has 1 heterocycles. The number of hydrogen-bond acceptors (Lipinski definition) is 7. The van der Waals surface area contributed by atoms with Gasteiger partial charge in [0.1, 0.15) is 6.04 Å². The Labute approximate surface area is 113 Å². The number of sulfonamides is 1. The first-order valence-electron chi connectivity index (χ1n) is 5.00. The van der Waals surface area contributed by atoms with Crippen LogP contribution in [0, 0.1) is 6.92 Å². The van der Waals surface area contributed by atoms with Crippen molar-refractivity contribution in [3.05, 3.63) is 11.2 Å². The van der Waals surface area contributed by atoms with E-state index in [-0.39, 0.29) is 4.21 Å². The molecule has 2 N–H and O–H groups in total. The highest BCUT2D eigenvalue weighted by molar-refractivity contribution is 7.91. The van der Waals surface area contributed by atoms with Crippen molar-refractivity contribution in [1.82, 2.24) is 9.71 Å². The maximum atomic E-state index is 11.9. The lowest BCUT2D eigenvalue weighted by atomic mass is 10.2. The van der Waals surface area contributed by atoms with Crippen LogP contribution < -0.4 is 4.72 Å². The van der Waals surface area contributed by atoms with Crippen LogP contribution in [0.25, 0.3) is 0 Å². The van der Waals surface area contributed by atoms with Gasteiger partial charge in [-0.1, -0.05) is 0 Å². The maximum absolute atomic E-state index is 11.9. The molecule has 0 amide bonds. The first kappa shape index (κ1) is 15.5. The molecule has 1 atom stereocenters. The van der Waals surface area contributed by atoms with Gasteiger partial charge in [0.25, 0.3) is 10.0 Å². The molecule has 0 radical (unpaired) electrons. The monoisotopic (exact) mass is 308 g/mol. The molecule has 1 aromatic rings. The molecule has 0 saturated carbocycles. The molecular weight excluding hydrogens is 296 g/mol. The standard InChI is InChI=1S/C9H12N2O6S2/c1-5-10-4-8(18-5)19(15,16)11-6(9(13)14)3-7(12)17-2/h4,6,11H,3H2,1-2H3,(H,13,14)/t6-/m0/s1. The topological polar surface area (TPSA) is 123 Å². The first-order valence-corrected chi connectivity index (χ1v) is 7.30. The second-order valence-corrected chi connectivity index (χ2v) is 6.67. The van der Waals surface area contributed by atoms with Crippen LogP contribution in [0.1, 0.15) is 11.4 Å². The van der Waals surface area contributed by atoms with Gasteiger partial charge < -0.3 is 9.84 Å². The van der Waals surface area contributed by atoms with Crippen molar-refractivity contribution in [3.63, 3.8) is 0 Å². The van der Waals surface area contributed by atoms with E-state index in [4.69, 9.17) is 5.11 Å². The Kier molecular flexibility index (Phi) is 4.97. The summed E-state index contributed by atoms with van der Waals surface area (Å²) < 4.78 is 29.9. The van der Waals surface area contributed by atoms with Gasteiger partial charge in [-0.3, -0.25) is 9.59 Å². The fourth-order valence-corrected chi connectivity index (χ4v) is 3.45. The predicted molar refractivity (Wildman–Crippen MR) is 65.2 cm³/mol. The minimum absolute atomic E-state index is 0.110. The normalized spacial score (nSPS) is 12.9. The smallest absolute Gasteiger partial charge is 0.322 e. The summed E-state index contributed by atoms with van der Waals surface area (Å²) in [6.45, 7) is 1.62. The van der Waals surface area contributed by atoms with E-state index in [0.29, 0.717) is 5.01 Å². The summed E-state index contributed by atoms with van der Waals surface area (Å²) in [5, 5.41) is 9.41. The fraction of sp³-hybridized carbons (Fsp3) is 0.444. The lowest BCUT2D eigenvalue weighted by Gasteiger charge is -2.12. The van der Waals surface area contributed by atoms with E-state index in [9.17, 15) is 18.0 Å². The summed E-state index contributed by atoms with van der Waals surface area (Å²) in [7, 11) is -2.93. The maximum Gasteiger partial charge on any atom is 0.322 e. The Balaban J connectivity index is 2.90. The van der Waals surface area contributed by atoms with Gasteiger partial charge in [-0.05, 0) is 6.92 Å². The summed E-state index contributed by atoms with van der Waals surface area (Å²) >= 11 is 0.902. The van der Waals surface area contributed by atoms with Gasteiger partial charge in [-0.2, -0.15) is 4.72 Å². The number of esters is 1. The number of rotatable bonds is 6. The number of carboxylic acid groups (broad SMARTS) is 1. The lowest BCUT2D eigenvalue weighted by molar-refractivity contribution is -0.147. The Morgan fingerprint density at radius 3 is 2.63 bits per heavy atom. The van der Waals surface area contributed by atoms with Crippen LogP contribution in [-0.2, 0) is 24.3 Å². The van der Waals surface area contributed by atoms with E-state index in [0.717, 1.165) is 24.6 Å². The number of thiazole rings is 1. The van der Waals surface area contributed by atoms with Crippen LogP contribution in [0.5, 0.6) is 0 Å². The number of nitrogens with one attached hydrogen (secondary N) is 1. The van der Waals surface area contributed by atoms with Gasteiger partial charge in [-0.15, -0.1) is 11.3 Å². The van der Waals surface area contributed by atoms with Crippen molar-refractivity contribution in [3.8, 4) is 0 Å². The number of aromatic nitrogens is 1. The van der Waals surface area contributed by atoms with E-state index in [1.54, 1.807) is 6.92 Å². The molecule has 0 aliphatic rings. The summed E-state index contributed by atoms with van der Waals surface area (Å²) in [4.78, 5) is 25.7. The molecular formula is C9H12N2O6S2. The van der Waals surface area contributed by atoms with Gasteiger partial charge in [0, 0.05) is 0 Å². The van der Waals surface area contributed by atoms with Crippen molar-refractivity contribution >= 4 is 33.3 Å². The number of carboxylic acids is 1. The highest BCUT2D eigenvalue weighted by Crippen LogP contribution is 2.18. The summed E-state index contributed by atoms with van der Waals surface area (Å²) in [5.74, 6) is -2.29. The molecule has 0 aliphatic carbocycles. The van der Waals surface area contributed by atoms with Crippen LogP contribution in [0.15, 0.2) is 10.4 Å². The van der Waals surface area contributed by atoms with Crippen molar-refractivity contribution < 1.29 is 27.9 Å². The molecule has 19 heavy (non-hydrogen) atoms. The molecule has 1 aromatic heterocycles. The van der Waals surface area contributed by atoms with Crippen molar-refractivity contribution in [2.45, 2.75) is 23.6 Å². The third-order valence-corrected chi connectivity index (χ3v) is 4.90. The van der Waals surface area contributed by atoms with Crippen LogP contribution >= 0.6 is 11.3 Å². The number of hydrogen-bond donors (Lipinski definition) is 2. The number of aryl methyl sites for hydroxylation is 1. The zero-order chi connectivity index (χ0) is 14.6. The SMILES string of the molecule is COC(=O)C[C@H](NS(=O)(=O)c1cnc(C)s1)C(=O)O. The third-order valence-electron chi connectivity index (χ3n) is 2.06. The van der Waals surface area contributed by atoms with Crippen molar-refractivity contribution in [2.24, 2.45) is 0 Å². The number of carbonyl (C=O) groups excluding carboxylic acids is 1. The molecule has 1 rings (SSSR count). The second kappa shape index (κ2) is 6.08. The highest BCUT2D eigenvalue weighted by Gasteiger charge is 2.29. The van der Waals surface area contributed by atoms with Crippen molar-refractivity contribution in [2.75, 3.05) is 7.11 Å². The number of aliphatic carboxylic acids is 1. The summed E-state index contributed by atoms with van der Waals surface area (Å²) in [6.07, 6.45) is 0.530. The molecule has 10 heteroatoms. The Morgan fingerprint density at radius 1 is 1.58 bits per heavy atom. The number of methoxy groups -OCH3 is 1. The van der Waals surface area contributed by atoms with Gasteiger partial charge in [0.2, 0.25) is 0 Å². The molecule has 0 fully saturated rings. The molecule has 0 unspecified atom stereocenters. The van der Waals surface area contributed by atoms with Crippen LogP contribution in [0.3, 0.4) is 0 Å². The van der Waals surface area contributed by atoms with E-state index >= 15 is 0 Å².